The molecule has 2 aromatic rings. The monoisotopic (exact) mass is 324 g/mol. The van der Waals surface area contributed by atoms with Gasteiger partial charge in [-0.15, -0.1) is 0 Å². The molecule has 0 aliphatic carbocycles. The molecule has 0 saturated carbocycles. The number of methoxy groups -OCH3 is 1. The van der Waals surface area contributed by atoms with E-state index in [0.29, 0.717) is 13.1 Å². The van der Waals surface area contributed by atoms with Crippen LogP contribution in [0.1, 0.15) is 5.56 Å². The molecule has 6 nitrogen and oxygen atoms in total. The van der Waals surface area contributed by atoms with Crippen LogP contribution < -0.4 is 9.64 Å². The molecule has 24 heavy (non-hydrogen) atoms. The lowest BCUT2D eigenvalue weighted by molar-refractivity contribution is -0.126. The zero-order valence-electron chi connectivity index (χ0n) is 13.6. The molecule has 2 heterocycles. The van der Waals surface area contributed by atoms with E-state index >= 15 is 0 Å². The Hall–Kier alpha value is -2.89. The van der Waals surface area contributed by atoms with Crippen molar-refractivity contribution in [1.82, 2.24) is 14.9 Å². The van der Waals surface area contributed by atoms with E-state index in [0.717, 1.165) is 30.4 Å². The van der Waals surface area contributed by atoms with E-state index in [1.165, 1.54) is 0 Å². The highest BCUT2D eigenvalue weighted by molar-refractivity contribution is 5.92. The highest BCUT2D eigenvalue weighted by atomic mass is 16.5. The minimum atomic E-state index is 0.0273. The Morgan fingerprint density at radius 1 is 1.08 bits per heavy atom. The molecule has 0 bridgehead atoms. The Kier molecular flexibility index (Phi) is 5.05. The summed E-state index contributed by atoms with van der Waals surface area (Å²) in [6.45, 7) is 2.83. The van der Waals surface area contributed by atoms with E-state index in [-0.39, 0.29) is 5.91 Å². The maximum Gasteiger partial charge on any atom is 0.246 e. The lowest BCUT2D eigenvalue weighted by Gasteiger charge is -2.34. The summed E-state index contributed by atoms with van der Waals surface area (Å²) < 4.78 is 5.12. The van der Waals surface area contributed by atoms with Crippen molar-refractivity contribution in [2.75, 3.05) is 38.2 Å². The zero-order valence-corrected chi connectivity index (χ0v) is 13.6. The minimum Gasteiger partial charge on any atom is -0.497 e. The normalized spacial score (nSPS) is 14.9. The number of nitrogens with zero attached hydrogens (tertiary/aromatic N) is 4. The molecule has 124 valence electrons. The molecule has 1 aromatic carbocycles. The van der Waals surface area contributed by atoms with Crippen LogP contribution >= 0.6 is 0 Å². The van der Waals surface area contributed by atoms with Crippen LogP contribution in [0, 0.1) is 0 Å². The van der Waals surface area contributed by atoms with Crippen molar-refractivity contribution in [1.29, 1.82) is 0 Å². The molecule has 1 amide bonds. The van der Waals surface area contributed by atoms with Crippen molar-refractivity contribution < 1.29 is 9.53 Å². The van der Waals surface area contributed by atoms with Gasteiger partial charge in [0.2, 0.25) is 11.9 Å². The third kappa shape index (κ3) is 3.90. The summed E-state index contributed by atoms with van der Waals surface area (Å²) in [5.41, 5.74) is 0.973. The Balaban J connectivity index is 1.54. The molecular weight excluding hydrogens is 304 g/mol. The molecule has 0 spiro atoms. The highest BCUT2D eigenvalue weighted by Gasteiger charge is 2.20. The number of rotatable bonds is 4. The number of anilines is 1. The van der Waals surface area contributed by atoms with Crippen molar-refractivity contribution in [3.05, 3.63) is 54.4 Å². The van der Waals surface area contributed by atoms with E-state index in [2.05, 4.69) is 14.9 Å². The van der Waals surface area contributed by atoms with Gasteiger partial charge in [0.15, 0.2) is 0 Å². The predicted molar refractivity (Wildman–Crippen MR) is 92.9 cm³/mol. The summed E-state index contributed by atoms with van der Waals surface area (Å²) in [5, 5.41) is 0. The number of piperazine rings is 1. The minimum absolute atomic E-state index is 0.0273. The number of ether oxygens (including phenoxy) is 1. The van der Waals surface area contributed by atoms with Gasteiger partial charge in [-0.1, -0.05) is 12.1 Å². The third-order valence-corrected chi connectivity index (χ3v) is 3.96. The Bertz CT molecular complexity index is 693. The number of benzene rings is 1. The fourth-order valence-electron chi connectivity index (χ4n) is 2.57. The number of aromatic nitrogens is 2. The topological polar surface area (TPSA) is 58.6 Å². The first kappa shape index (κ1) is 16.0. The third-order valence-electron chi connectivity index (χ3n) is 3.96. The van der Waals surface area contributed by atoms with E-state index in [1.807, 2.05) is 35.2 Å². The highest BCUT2D eigenvalue weighted by Crippen LogP contribution is 2.13. The molecule has 0 unspecified atom stereocenters. The van der Waals surface area contributed by atoms with Crippen LogP contribution in [0.5, 0.6) is 5.75 Å². The molecule has 1 fully saturated rings. The first-order chi connectivity index (χ1) is 11.8. The van der Waals surface area contributed by atoms with Crippen LogP contribution in [0.25, 0.3) is 6.08 Å². The van der Waals surface area contributed by atoms with Gasteiger partial charge in [0.1, 0.15) is 5.75 Å². The zero-order chi connectivity index (χ0) is 16.8. The average Bonchev–Trinajstić information content (AvgIpc) is 2.67. The van der Waals surface area contributed by atoms with Crippen molar-refractivity contribution in [2.24, 2.45) is 0 Å². The van der Waals surface area contributed by atoms with Crippen LogP contribution in [-0.4, -0.2) is 54.1 Å². The molecule has 0 N–H and O–H groups in total. The molecule has 1 saturated heterocycles. The number of carbonyl (C=O) groups is 1. The Labute approximate surface area is 141 Å². The fraction of sp³-hybridized carbons (Fsp3) is 0.278. The number of hydrogen-bond donors (Lipinski definition) is 0. The van der Waals surface area contributed by atoms with Gasteiger partial charge in [-0.2, -0.15) is 0 Å². The van der Waals surface area contributed by atoms with Gasteiger partial charge < -0.3 is 14.5 Å². The maximum atomic E-state index is 12.3. The van der Waals surface area contributed by atoms with Crippen molar-refractivity contribution in [3.8, 4) is 5.75 Å². The quantitative estimate of drug-likeness (QED) is 0.803. The van der Waals surface area contributed by atoms with Crippen molar-refractivity contribution in [3.63, 3.8) is 0 Å². The number of carbonyl (C=O) groups excluding carboxylic acids is 1. The second kappa shape index (κ2) is 7.59. The molecule has 0 radical (unpaired) electrons. The summed E-state index contributed by atoms with van der Waals surface area (Å²) in [6.07, 6.45) is 6.92. The summed E-state index contributed by atoms with van der Waals surface area (Å²) in [6, 6.07) is 9.40. The second-order valence-electron chi connectivity index (χ2n) is 5.47. The van der Waals surface area contributed by atoms with Crippen LogP contribution in [-0.2, 0) is 4.79 Å². The molecule has 1 aliphatic rings. The van der Waals surface area contributed by atoms with Crippen molar-refractivity contribution >= 4 is 17.9 Å². The summed E-state index contributed by atoms with van der Waals surface area (Å²) in [4.78, 5) is 24.7. The van der Waals surface area contributed by atoms with Gasteiger partial charge in [0.25, 0.3) is 0 Å². The van der Waals surface area contributed by atoms with Gasteiger partial charge in [0.05, 0.1) is 7.11 Å². The lowest BCUT2D eigenvalue weighted by Crippen LogP contribution is -2.48. The standard InChI is InChI=1S/C18H20N4O2/c1-24-16-6-3-15(4-7-16)5-8-17(23)21-11-13-22(14-12-21)18-19-9-2-10-20-18/h2-10H,11-14H2,1H3. The molecule has 0 atom stereocenters. The van der Waals surface area contributed by atoms with Crippen LogP contribution in [0.15, 0.2) is 48.8 Å². The Morgan fingerprint density at radius 2 is 1.75 bits per heavy atom. The SMILES string of the molecule is COc1ccc(C=CC(=O)N2CCN(c3ncccn3)CC2)cc1. The maximum absolute atomic E-state index is 12.3. The van der Waals surface area contributed by atoms with Crippen LogP contribution in [0.3, 0.4) is 0 Å². The molecule has 3 rings (SSSR count). The molecular formula is C18H20N4O2. The van der Waals surface area contributed by atoms with Gasteiger partial charge in [0, 0.05) is 44.6 Å². The molecule has 1 aromatic heterocycles. The van der Waals surface area contributed by atoms with E-state index in [9.17, 15) is 4.79 Å². The summed E-state index contributed by atoms with van der Waals surface area (Å²) >= 11 is 0. The number of amides is 1. The van der Waals surface area contributed by atoms with E-state index in [4.69, 9.17) is 4.74 Å². The van der Waals surface area contributed by atoms with E-state index < -0.39 is 0 Å². The van der Waals surface area contributed by atoms with Crippen LogP contribution in [0.4, 0.5) is 5.95 Å². The van der Waals surface area contributed by atoms with Gasteiger partial charge in [-0.25, -0.2) is 9.97 Å². The molecule has 6 heteroatoms. The largest absolute Gasteiger partial charge is 0.497 e. The van der Waals surface area contributed by atoms with Gasteiger partial charge in [-0.05, 0) is 29.8 Å². The summed E-state index contributed by atoms with van der Waals surface area (Å²) in [5.74, 6) is 1.55. The first-order valence-corrected chi connectivity index (χ1v) is 7.89. The van der Waals surface area contributed by atoms with Gasteiger partial charge in [-0.3, -0.25) is 4.79 Å². The first-order valence-electron chi connectivity index (χ1n) is 7.89. The van der Waals surface area contributed by atoms with Gasteiger partial charge >= 0.3 is 0 Å². The average molecular weight is 324 g/mol. The van der Waals surface area contributed by atoms with Crippen LogP contribution in [0.2, 0.25) is 0 Å². The predicted octanol–water partition coefficient (Wildman–Crippen LogP) is 1.85. The second-order valence-corrected chi connectivity index (χ2v) is 5.47. The summed E-state index contributed by atoms with van der Waals surface area (Å²) in [7, 11) is 1.63. The number of hydrogen-bond acceptors (Lipinski definition) is 5. The lowest BCUT2D eigenvalue weighted by atomic mass is 10.2. The Morgan fingerprint density at radius 3 is 2.38 bits per heavy atom. The fourth-order valence-corrected chi connectivity index (χ4v) is 2.57. The molecule has 1 aliphatic heterocycles. The van der Waals surface area contributed by atoms with Crippen molar-refractivity contribution in [2.45, 2.75) is 0 Å². The van der Waals surface area contributed by atoms with E-state index in [1.54, 1.807) is 31.6 Å². The smallest absolute Gasteiger partial charge is 0.246 e.